The first-order chi connectivity index (χ1) is 19.7. The number of carbonyl (C=O) groups is 1. The zero-order valence-electron chi connectivity index (χ0n) is 24.6. The van der Waals surface area contributed by atoms with Crippen LogP contribution in [0.2, 0.25) is 0 Å². The maximum Gasteiger partial charge on any atom is 0.637 e. The van der Waals surface area contributed by atoms with Crippen molar-refractivity contribution in [3.8, 4) is 0 Å². The van der Waals surface area contributed by atoms with Crippen molar-refractivity contribution in [3.63, 3.8) is 0 Å². The molecule has 0 aromatic heterocycles. The average Bonchev–Trinajstić information content (AvgIpc) is 2.97. The van der Waals surface area contributed by atoms with Crippen LogP contribution in [0.5, 0.6) is 0 Å². The molecule has 1 fully saturated rings. The van der Waals surface area contributed by atoms with Gasteiger partial charge in [0.25, 0.3) is 0 Å². The van der Waals surface area contributed by atoms with Crippen molar-refractivity contribution in [2.24, 2.45) is 0 Å². The zero-order chi connectivity index (χ0) is 28.3. The second-order valence-electron chi connectivity index (χ2n) is 11.0. The van der Waals surface area contributed by atoms with Crippen LogP contribution in [0.15, 0.2) is 72.8 Å². The monoisotopic (exact) mass is 547 g/mol. The van der Waals surface area contributed by atoms with Gasteiger partial charge in [-0.3, -0.25) is 4.79 Å². The highest BCUT2D eigenvalue weighted by molar-refractivity contribution is 6.34. The van der Waals surface area contributed by atoms with E-state index in [1.165, 1.54) is 57.8 Å². The van der Waals surface area contributed by atoms with E-state index in [0.29, 0.717) is 19.5 Å². The molecule has 40 heavy (non-hydrogen) atoms. The number of benzene rings is 2. The van der Waals surface area contributed by atoms with Crippen LogP contribution in [0.3, 0.4) is 0 Å². The molecule has 2 unspecified atom stereocenters. The maximum atomic E-state index is 13.4. The smallest absolute Gasteiger partial charge is 0.402 e. The van der Waals surface area contributed by atoms with Gasteiger partial charge in [-0.15, -0.1) is 0 Å². The fourth-order valence-electron chi connectivity index (χ4n) is 5.29. The Morgan fingerprint density at radius 1 is 0.750 bits per heavy atom. The summed E-state index contributed by atoms with van der Waals surface area (Å²) in [6.07, 6.45) is 20.4. The fraction of sp³-hybridized carbons (Fsp3) is 0.559. The Balaban J connectivity index is 1.40. The highest BCUT2D eigenvalue weighted by Gasteiger charge is 2.34. The van der Waals surface area contributed by atoms with E-state index >= 15 is 0 Å². The molecule has 6 heteroatoms. The summed E-state index contributed by atoms with van der Waals surface area (Å²) in [5.41, 5.74) is 1.84. The molecule has 0 saturated carbocycles. The highest BCUT2D eigenvalue weighted by atomic mass is 16.7. The quantitative estimate of drug-likeness (QED) is 0.123. The molecule has 1 N–H and O–H groups in total. The summed E-state index contributed by atoms with van der Waals surface area (Å²) < 4.78 is 11.7. The Bertz CT molecular complexity index is 903. The van der Waals surface area contributed by atoms with Gasteiger partial charge >= 0.3 is 7.32 Å². The van der Waals surface area contributed by atoms with E-state index in [1.54, 1.807) is 0 Å². The summed E-state index contributed by atoms with van der Waals surface area (Å²) in [7, 11) is -1.36. The normalized spacial score (nSPS) is 18.1. The van der Waals surface area contributed by atoms with Crippen LogP contribution in [0.1, 0.15) is 120 Å². The Morgan fingerprint density at radius 2 is 1.20 bits per heavy atom. The summed E-state index contributed by atoms with van der Waals surface area (Å²) in [4.78, 5) is 15.2. The van der Waals surface area contributed by atoms with E-state index in [9.17, 15) is 9.82 Å². The Kier molecular flexibility index (Phi) is 15.8. The third-order valence-electron chi connectivity index (χ3n) is 7.68. The van der Waals surface area contributed by atoms with E-state index in [1.807, 2.05) is 65.6 Å². The van der Waals surface area contributed by atoms with Crippen LogP contribution in [0, 0.1) is 0 Å². The molecular weight excluding hydrogens is 497 g/mol. The van der Waals surface area contributed by atoms with Crippen molar-refractivity contribution in [3.05, 3.63) is 83.9 Å². The highest BCUT2D eigenvalue weighted by Crippen LogP contribution is 2.28. The Morgan fingerprint density at radius 3 is 1.70 bits per heavy atom. The van der Waals surface area contributed by atoms with Crippen LogP contribution < -0.4 is 0 Å². The summed E-state index contributed by atoms with van der Waals surface area (Å²) in [5, 5.41) is 10.5. The molecule has 0 bridgehead atoms. The predicted molar refractivity (Wildman–Crippen MR) is 165 cm³/mol. The molecule has 1 aliphatic rings. The second kappa shape index (κ2) is 19.6. The van der Waals surface area contributed by atoms with E-state index in [0.717, 1.165) is 36.8 Å². The lowest BCUT2D eigenvalue weighted by molar-refractivity contribution is -0.136. The van der Waals surface area contributed by atoms with Crippen molar-refractivity contribution in [1.82, 2.24) is 4.90 Å². The van der Waals surface area contributed by atoms with Gasteiger partial charge in [0.1, 0.15) is 0 Å². The molecule has 0 aliphatic carbocycles. The number of hydrogen-bond acceptors (Lipinski definition) is 4. The first-order valence-electron chi connectivity index (χ1n) is 15.7. The molecule has 1 saturated heterocycles. The van der Waals surface area contributed by atoms with Crippen LogP contribution in [0.4, 0.5) is 0 Å². The molecule has 1 amide bonds. The van der Waals surface area contributed by atoms with Crippen molar-refractivity contribution < 1.29 is 19.1 Å². The lowest BCUT2D eigenvalue weighted by Gasteiger charge is -2.35. The molecule has 1 aliphatic heterocycles. The standard InChI is InChI=1S/C34H50BNO4/c1-2-3-4-5-6-7-8-9-10-11-12-13-14-15-22-27-34(37)36-28-32(30-23-18-16-19-24-30)39-35(38)40-33(29-36)31-25-20-17-21-26-31/h9-10,16-21,23-26,32-33,38H,2-8,11-15,22,27-29H2,1H3. The van der Waals surface area contributed by atoms with Crippen LogP contribution >= 0.6 is 0 Å². The zero-order valence-corrected chi connectivity index (χ0v) is 24.6. The topological polar surface area (TPSA) is 59.0 Å². The second-order valence-corrected chi connectivity index (χ2v) is 11.0. The molecule has 5 nitrogen and oxygen atoms in total. The number of allylic oxidation sites excluding steroid dienone is 2. The molecule has 2 atom stereocenters. The number of hydrogen-bond donors (Lipinski definition) is 1. The minimum absolute atomic E-state index is 0.114. The van der Waals surface area contributed by atoms with E-state index in [-0.39, 0.29) is 5.91 Å². The Labute approximate surface area is 243 Å². The van der Waals surface area contributed by atoms with E-state index < -0.39 is 19.5 Å². The van der Waals surface area contributed by atoms with Gasteiger partial charge in [0, 0.05) is 19.5 Å². The number of rotatable bonds is 17. The number of unbranched alkanes of at least 4 members (excludes halogenated alkanes) is 11. The summed E-state index contributed by atoms with van der Waals surface area (Å²) in [6, 6.07) is 19.5. The van der Waals surface area contributed by atoms with Crippen molar-refractivity contribution in [1.29, 1.82) is 0 Å². The van der Waals surface area contributed by atoms with Crippen molar-refractivity contribution >= 4 is 13.2 Å². The number of nitrogens with zero attached hydrogens (tertiary/aromatic N) is 1. The Hall–Kier alpha value is -2.41. The van der Waals surface area contributed by atoms with Gasteiger partial charge in [0.15, 0.2) is 0 Å². The van der Waals surface area contributed by atoms with Gasteiger partial charge in [-0.25, -0.2) is 0 Å². The lowest BCUT2D eigenvalue weighted by atomic mass is 10.0. The number of carbonyl (C=O) groups excluding carboxylic acids is 1. The minimum atomic E-state index is -1.36. The third-order valence-corrected chi connectivity index (χ3v) is 7.68. The van der Waals surface area contributed by atoms with Gasteiger partial charge in [0.05, 0.1) is 12.2 Å². The molecule has 1 heterocycles. The van der Waals surface area contributed by atoms with Crippen LogP contribution in [-0.4, -0.2) is 36.2 Å². The van der Waals surface area contributed by atoms with Crippen LogP contribution in [-0.2, 0) is 14.1 Å². The molecule has 3 rings (SSSR count). The molecule has 2 aromatic carbocycles. The van der Waals surface area contributed by atoms with E-state index in [4.69, 9.17) is 9.31 Å². The van der Waals surface area contributed by atoms with E-state index in [2.05, 4.69) is 19.1 Å². The van der Waals surface area contributed by atoms with Gasteiger partial charge in [0.2, 0.25) is 5.91 Å². The van der Waals surface area contributed by atoms with Gasteiger partial charge in [-0.2, -0.15) is 0 Å². The lowest BCUT2D eigenvalue weighted by Crippen LogP contribution is -2.44. The molecule has 0 spiro atoms. The summed E-state index contributed by atoms with van der Waals surface area (Å²) in [5.74, 6) is 0.114. The van der Waals surface area contributed by atoms with Crippen LogP contribution in [0.25, 0.3) is 0 Å². The molecule has 218 valence electrons. The molecular formula is C34H50BNO4. The van der Waals surface area contributed by atoms with Crippen molar-refractivity contribution in [2.45, 2.75) is 109 Å². The first kappa shape index (κ1) is 32.1. The summed E-state index contributed by atoms with van der Waals surface area (Å²) in [6.45, 7) is 3.04. The van der Waals surface area contributed by atoms with Gasteiger partial charge in [-0.1, -0.05) is 131 Å². The largest absolute Gasteiger partial charge is 0.637 e. The molecule has 2 aromatic rings. The SMILES string of the molecule is CCCCCCCCC=CCCCCCCCC(=O)N1CC(c2ccccc2)OB(O)OC(c2ccccc2)C1. The van der Waals surface area contributed by atoms with Crippen molar-refractivity contribution in [2.75, 3.05) is 13.1 Å². The molecule has 0 radical (unpaired) electrons. The minimum Gasteiger partial charge on any atom is -0.402 e. The maximum absolute atomic E-state index is 13.4. The predicted octanol–water partition coefficient (Wildman–Crippen LogP) is 8.36. The van der Waals surface area contributed by atoms with Gasteiger partial charge < -0.3 is 19.2 Å². The summed E-state index contributed by atoms with van der Waals surface area (Å²) >= 11 is 0. The third kappa shape index (κ3) is 12.4. The average molecular weight is 548 g/mol. The fourth-order valence-corrected chi connectivity index (χ4v) is 5.29. The number of amides is 1. The van der Waals surface area contributed by atoms with Gasteiger partial charge in [-0.05, 0) is 43.2 Å². The first-order valence-corrected chi connectivity index (χ1v) is 15.7.